The quantitative estimate of drug-likeness (QED) is 0.454. The molecule has 0 aliphatic carbocycles. The summed E-state index contributed by atoms with van der Waals surface area (Å²) >= 11 is 0. The molecule has 0 aromatic rings. The summed E-state index contributed by atoms with van der Waals surface area (Å²) in [4.78, 5) is 0. The van der Waals surface area contributed by atoms with Crippen molar-refractivity contribution in [3.63, 3.8) is 0 Å². The Labute approximate surface area is 76.8 Å². The van der Waals surface area contributed by atoms with Gasteiger partial charge in [-0.2, -0.15) is 0 Å². The molecule has 0 saturated heterocycles. The van der Waals surface area contributed by atoms with E-state index in [1.165, 1.54) is 0 Å². The van der Waals surface area contributed by atoms with Crippen LogP contribution in [0.1, 0.15) is 40.5 Å². The lowest BCUT2D eigenvalue weighted by atomic mass is 9.99. The molecule has 0 bridgehead atoms. The first-order valence-corrected chi connectivity index (χ1v) is 4.79. The molecule has 0 aromatic carbocycles. The van der Waals surface area contributed by atoms with E-state index in [2.05, 4.69) is 39.8 Å². The van der Waals surface area contributed by atoms with Crippen LogP contribution >= 0.6 is 0 Å². The van der Waals surface area contributed by atoms with Gasteiger partial charge in [-0.25, -0.2) is 0 Å². The molecule has 0 atom stereocenters. The molecule has 0 aliphatic heterocycles. The summed E-state index contributed by atoms with van der Waals surface area (Å²) in [6.07, 6.45) is 6.53. The highest BCUT2D eigenvalue weighted by Gasteiger charge is 2.08. The van der Waals surface area contributed by atoms with E-state index in [1.54, 1.807) is 0 Å². The summed E-state index contributed by atoms with van der Waals surface area (Å²) < 4.78 is 5.49. The van der Waals surface area contributed by atoms with Gasteiger partial charge in [0.1, 0.15) is 0 Å². The van der Waals surface area contributed by atoms with Gasteiger partial charge in [0, 0.05) is 0 Å². The lowest BCUT2D eigenvalue weighted by Gasteiger charge is -2.17. The van der Waals surface area contributed by atoms with Gasteiger partial charge >= 0.3 is 0 Å². The maximum Gasteiger partial charge on any atom is 0.0514 e. The van der Waals surface area contributed by atoms with Gasteiger partial charge in [-0.05, 0) is 18.3 Å². The normalized spacial score (nSPS) is 12.7. The van der Waals surface area contributed by atoms with Crippen molar-refractivity contribution in [1.82, 2.24) is 0 Å². The predicted molar refractivity (Wildman–Crippen MR) is 54.3 cm³/mol. The SMILES string of the molecule is CC/C=C\CCOCC(C)(C)C. The first-order valence-electron chi connectivity index (χ1n) is 4.79. The first-order chi connectivity index (χ1) is 5.56. The molecule has 0 radical (unpaired) electrons. The second kappa shape index (κ2) is 6.24. The number of allylic oxidation sites excluding steroid dienone is 1. The van der Waals surface area contributed by atoms with E-state index >= 15 is 0 Å². The van der Waals surface area contributed by atoms with Crippen LogP contribution in [-0.4, -0.2) is 13.2 Å². The van der Waals surface area contributed by atoms with E-state index in [4.69, 9.17) is 4.74 Å². The summed E-state index contributed by atoms with van der Waals surface area (Å²) in [7, 11) is 0. The minimum absolute atomic E-state index is 0.300. The van der Waals surface area contributed by atoms with Crippen molar-refractivity contribution in [1.29, 1.82) is 0 Å². The minimum atomic E-state index is 0.300. The third-order valence-corrected chi connectivity index (χ3v) is 1.37. The number of ether oxygens (including phenoxy) is 1. The van der Waals surface area contributed by atoms with E-state index in [1.807, 2.05) is 0 Å². The summed E-state index contributed by atoms with van der Waals surface area (Å²) in [5.41, 5.74) is 0.300. The van der Waals surface area contributed by atoms with Gasteiger partial charge in [0.25, 0.3) is 0 Å². The molecule has 0 N–H and O–H groups in total. The highest BCUT2D eigenvalue weighted by atomic mass is 16.5. The third kappa shape index (κ3) is 9.70. The molecule has 1 heteroatoms. The fourth-order valence-electron chi connectivity index (χ4n) is 0.814. The van der Waals surface area contributed by atoms with Crippen LogP contribution in [-0.2, 0) is 4.74 Å². The van der Waals surface area contributed by atoms with Crippen molar-refractivity contribution in [2.24, 2.45) is 5.41 Å². The van der Waals surface area contributed by atoms with Crippen LogP contribution in [0.4, 0.5) is 0 Å². The van der Waals surface area contributed by atoms with E-state index in [9.17, 15) is 0 Å². The Bertz CT molecular complexity index is 119. The molecule has 72 valence electrons. The number of hydrogen-bond donors (Lipinski definition) is 0. The van der Waals surface area contributed by atoms with Crippen LogP contribution in [0.5, 0.6) is 0 Å². The average molecular weight is 170 g/mol. The van der Waals surface area contributed by atoms with Gasteiger partial charge in [0.15, 0.2) is 0 Å². The lowest BCUT2D eigenvalue weighted by Crippen LogP contribution is -2.14. The molecule has 0 spiro atoms. The van der Waals surface area contributed by atoms with Gasteiger partial charge in [-0.3, -0.25) is 0 Å². The van der Waals surface area contributed by atoms with Crippen molar-refractivity contribution in [3.05, 3.63) is 12.2 Å². The molecule has 0 heterocycles. The maximum atomic E-state index is 5.49. The number of rotatable bonds is 5. The van der Waals surface area contributed by atoms with E-state index in [0.29, 0.717) is 5.41 Å². The average Bonchev–Trinajstić information content (AvgIpc) is 1.94. The lowest BCUT2D eigenvalue weighted by molar-refractivity contribution is 0.0744. The van der Waals surface area contributed by atoms with Crippen molar-refractivity contribution in [3.8, 4) is 0 Å². The molecule has 0 aromatic heterocycles. The highest BCUT2D eigenvalue weighted by molar-refractivity contribution is 4.79. The van der Waals surface area contributed by atoms with Crippen LogP contribution < -0.4 is 0 Å². The fraction of sp³-hybridized carbons (Fsp3) is 0.818. The third-order valence-electron chi connectivity index (χ3n) is 1.37. The Morgan fingerprint density at radius 1 is 1.17 bits per heavy atom. The Kier molecular flexibility index (Phi) is 6.09. The summed E-state index contributed by atoms with van der Waals surface area (Å²) in [6.45, 7) is 10.4. The van der Waals surface area contributed by atoms with Crippen LogP contribution in [0.2, 0.25) is 0 Å². The molecule has 12 heavy (non-hydrogen) atoms. The van der Waals surface area contributed by atoms with E-state index in [0.717, 1.165) is 26.1 Å². The number of hydrogen-bond acceptors (Lipinski definition) is 1. The minimum Gasteiger partial charge on any atom is -0.381 e. The zero-order chi connectivity index (χ0) is 9.45. The summed E-state index contributed by atoms with van der Waals surface area (Å²) in [6, 6.07) is 0. The van der Waals surface area contributed by atoms with Crippen LogP contribution in [0.3, 0.4) is 0 Å². The molecule has 0 saturated carbocycles. The Hall–Kier alpha value is -0.300. The zero-order valence-electron chi connectivity index (χ0n) is 8.89. The van der Waals surface area contributed by atoms with Gasteiger partial charge in [-0.15, -0.1) is 0 Å². The highest BCUT2D eigenvalue weighted by Crippen LogP contribution is 2.12. The molecule has 0 fully saturated rings. The standard InChI is InChI=1S/C11H22O/c1-5-6-7-8-9-12-10-11(2,3)4/h6-7H,5,8-10H2,1-4H3/b7-6-. The Morgan fingerprint density at radius 2 is 1.83 bits per heavy atom. The second-order valence-corrected chi connectivity index (χ2v) is 4.28. The zero-order valence-corrected chi connectivity index (χ0v) is 8.89. The summed E-state index contributed by atoms with van der Waals surface area (Å²) in [5, 5.41) is 0. The Balaban J connectivity index is 3.17. The molecule has 1 nitrogen and oxygen atoms in total. The monoisotopic (exact) mass is 170 g/mol. The van der Waals surface area contributed by atoms with Crippen molar-refractivity contribution >= 4 is 0 Å². The molecule has 0 unspecified atom stereocenters. The first kappa shape index (κ1) is 11.7. The molecule has 0 aliphatic rings. The summed E-state index contributed by atoms with van der Waals surface area (Å²) in [5.74, 6) is 0. The van der Waals surface area contributed by atoms with E-state index in [-0.39, 0.29) is 0 Å². The molecular weight excluding hydrogens is 148 g/mol. The second-order valence-electron chi connectivity index (χ2n) is 4.28. The fourth-order valence-corrected chi connectivity index (χ4v) is 0.814. The van der Waals surface area contributed by atoms with Crippen molar-refractivity contribution in [2.45, 2.75) is 40.5 Å². The van der Waals surface area contributed by atoms with Crippen LogP contribution in [0, 0.1) is 5.41 Å². The smallest absolute Gasteiger partial charge is 0.0514 e. The Morgan fingerprint density at radius 3 is 2.33 bits per heavy atom. The predicted octanol–water partition coefficient (Wildman–Crippen LogP) is 3.41. The molecular formula is C11H22O. The molecule has 0 rings (SSSR count). The van der Waals surface area contributed by atoms with Crippen LogP contribution in [0.25, 0.3) is 0 Å². The van der Waals surface area contributed by atoms with Gasteiger partial charge in [0.2, 0.25) is 0 Å². The largest absolute Gasteiger partial charge is 0.381 e. The van der Waals surface area contributed by atoms with E-state index < -0.39 is 0 Å². The van der Waals surface area contributed by atoms with Crippen molar-refractivity contribution in [2.75, 3.05) is 13.2 Å². The van der Waals surface area contributed by atoms with Gasteiger partial charge in [0.05, 0.1) is 13.2 Å². The van der Waals surface area contributed by atoms with Gasteiger partial charge < -0.3 is 4.74 Å². The molecule has 0 amide bonds. The maximum absolute atomic E-state index is 5.49. The van der Waals surface area contributed by atoms with Gasteiger partial charge in [-0.1, -0.05) is 39.8 Å². The topological polar surface area (TPSA) is 9.23 Å². The van der Waals surface area contributed by atoms with Crippen molar-refractivity contribution < 1.29 is 4.74 Å². The van der Waals surface area contributed by atoms with Crippen LogP contribution in [0.15, 0.2) is 12.2 Å².